The maximum Gasteiger partial charge on any atom is 0.234 e. The third-order valence-corrected chi connectivity index (χ3v) is 2.31. The second kappa shape index (κ2) is 8.64. The molecule has 0 saturated carbocycles. The highest BCUT2D eigenvalue weighted by molar-refractivity contribution is 5.79. The van der Waals surface area contributed by atoms with Gasteiger partial charge in [-0.2, -0.15) is 0 Å². The Morgan fingerprint density at radius 2 is 2.20 bits per heavy atom. The number of nitrogens with zero attached hydrogens (tertiary/aromatic N) is 1. The molecular weight excluding hydrogens is 194 g/mol. The topological polar surface area (TPSA) is 67.6 Å². The van der Waals surface area contributed by atoms with Crippen molar-refractivity contribution in [2.24, 2.45) is 5.73 Å². The Morgan fingerprint density at radius 3 is 2.67 bits per heavy atom. The molecule has 0 fully saturated rings. The molecule has 1 amide bonds. The van der Waals surface area contributed by atoms with Crippen LogP contribution in [0, 0.1) is 0 Å². The van der Waals surface area contributed by atoms with Gasteiger partial charge in [0.05, 0.1) is 12.6 Å². The van der Waals surface area contributed by atoms with Crippen LogP contribution in [0.4, 0.5) is 0 Å². The second-order valence-electron chi connectivity index (χ2n) is 3.53. The number of carbonyl (C=O) groups excluding carboxylic acids is 1. The molecule has 0 aromatic carbocycles. The molecule has 0 bridgehead atoms. The maximum absolute atomic E-state index is 10.9. The van der Waals surface area contributed by atoms with Gasteiger partial charge in [0.15, 0.2) is 0 Å². The maximum atomic E-state index is 10.9. The molecule has 0 aromatic rings. The molecule has 90 valence electrons. The lowest BCUT2D eigenvalue weighted by Gasteiger charge is -2.19. The van der Waals surface area contributed by atoms with Crippen LogP contribution in [0.2, 0.25) is 0 Å². The van der Waals surface area contributed by atoms with Gasteiger partial charge < -0.3 is 20.7 Å². The summed E-state index contributed by atoms with van der Waals surface area (Å²) >= 11 is 0. The molecule has 0 saturated heterocycles. The first-order valence-corrected chi connectivity index (χ1v) is 5.34. The first-order chi connectivity index (χ1) is 7.11. The summed E-state index contributed by atoms with van der Waals surface area (Å²) in [6, 6.07) is -0.237. The smallest absolute Gasteiger partial charge is 0.234 e. The van der Waals surface area contributed by atoms with E-state index in [-0.39, 0.29) is 11.9 Å². The van der Waals surface area contributed by atoms with E-state index in [1.807, 2.05) is 14.0 Å². The Kier molecular flexibility index (Phi) is 8.27. The summed E-state index contributed by atoms with van der Waals surface area (Å²) in [4.78, 5) is 13.0. The highest BCUT2D eigenvalue weighted by Crippen LogP contribution is 1.94. The van der Waals surface area contributed by atoms with Crippen LogP contribution in [-0.2, 0) is 9.53 Å². The number of nitrogens with one attached hydrogen (secondary N) is 1. The summed E-state index contributed by atoms with van der Waals surface area (Å²) in [7, 11) is 3.75. The monoisotopic (exact) mass is 217 g/mol. The number of ether oxygens (including phenoxy) is 1. The van der Waals surface area contributed by atoms with Gasteiger partial charge in [-0.25, -0.2) is 0 Å². The summed E-state index contributed by atoms with van der Waals surface area (Å²) in [5.74, 6) is -0.296. The summed E-state index contributed by atoms with van der Waals surface area (Å²) in [6.07, 6.45) is 0.731. The lowest BCUT2D eigenvalue weighted by atomic mass is 10.2. The fourth-order valence-corrected chi connectivity index (χ4v) is 1.25. The van der Waals surface area contributed by atoms with E-state index in [4.69, 9.17) is 10.5 Å². The van der Waals surface area contributed by atoms with E-state index in [9.17, 15) is 4.79 Å². The number of amides is 1. The zero-order chi connectivity index (χ0) is 11.7. The first kappa shape index (κ1) is 14.3. The number of likely N-dealkylation sites (N-methyl/N-ethyl adjacent to an activating group) is 2. The molecule has 3 N–H and O–H groups in total. The molecule has 1 unspecified atom stereocenters. The zero-order valence-corrected chi connectivity index (χ0v) is 9.95. The minimum absolute atomic E-state index is 0.237. The minimum Gasteiger partial charge on any atom is -0.380 e. The zero-order valence-electron chi connectivity index (χ0n) is 9.95. The Labute approximate surface area is 91.9 Å². The molecular formula is C10H23N3O2. The lowest BCUT2D eigenvalue weighted by Crippen LogP contribution is -2.41. The van der Waals surface area contributed by atoms with Crippen LogP contribution in [0.3, 0.4) is 0 Å². The SMILES string of the molecule is CCOCCN(C)CCC(NC)C(N)=O. The van der Waals surface area contributed by atoms with Crippen molar-refractivity contribution in [3.63, 3.8) is 0 Å². The van der Waals surface area contributed by atoms with Gasteiger partial charge in [-0.15, -0.1) is 0 Å². The van der Waals surface area contributed by atoms with Crippen molar-refractivity contribution in [3.05, 3.63) is 0 Å². The van der Waals surface area contributed by atoms with E-state index in [1.165, 1.54) is 0 Å². The molecule has 0 aromatic heterocycles. The van der Waals surface area contributed by atoms with Crippen LogP contribution in [0.25, 0.3) is 0 Å². The third-order valence-electron chi connectivity index (χ3n) is 2.31. The molecule has 0 aliphatic rings. The highest BCUT2D eigenvalue weighted by atomic mass is 16.5. The van der Waals surface area contributed by atoms with Crippen molar-refractivity contribution in [1.29, 1.82) is 0 Å². The summed E-state index contributed by atoms with van der Waals surface area (Å²) in [5.41, 5.74) is 5.21. The molecule has 0 radical (unpaired) electrons. The van der Waals surface area contributed by atoms with Crippen molar-refractivity contribution in [1.82, 2.24) is 10.2 Å². The van der Waals surface area contributed by atoms with Crippen LogP contribution in [-0.4, -0.2) is 57.2 Å². The van der Waals surface area contributed by atoms with Crippen LogP contribution < -0.4 is 11.1 Å². The molecule has 0 aliphatic heterocycles. The normalized spacial score (nSPS) is 13.1. The Hall–Kier alpha value is -0.650. The van der Waals surface area contributed by atoms with Crippen LogP contribution in [0.15, 0.2) is 0 Å². The van der Waals surface area contributed by atoms with Crippen LogP contribution >= 0.6 is 0 Å². The minimum atomic E-state index is -0.296. The van der Waals surface area contributed by atoms with Gasteiger partial charge in [0.1, 0.15) is 0 Å². The Balaban J connectivity index is 3.59. The quantitative estimate of drug-likeness (QED) is 0.507. The molecule has 0 aliphatic carbocycles. The molecule has 5 nitrogen and oxygen atoms in total. The van der Waals surface area contributed by atoms with Gasteiger partial charge >= 0.3 is 0 Å². The van der Waals surface area contributed by atoms with Gasteiger partial charge in [0, 0.05) is 13.2 Å². The predicted molar refractivity (Wildman–Crippen MR) is 60.6 cm³/mol. The second-order valence-corrected chi connectivity index (χ2v) is 3.53. The summed E-state index contributed by atoms with van der Waals surface area (Å²) in [6.45, 7) is 5.16. The number of nitrogens with two attached hydrogens (primary N) is 1. The molecule has 0 rings (SSSR count). The van der Waals surface area contributed by atoms with Gasteiger partial charge in [-0.05, 0) is 34.0 Å². The number of hydrogen-bond donors (Lipinski definition) is 2. The van der Waals surface area contributed by atoms with Gasteiger partial charge in [-0.3, -0.25) is 4.79 Å². The Morgan fingerprint density at radius 1 is 1.53 bits per heavy atom. The average Bonchev–Trinajstić information content (AvgIpc) is 2.18. The standard InChI is InChI=1S/C10H23N3O2/c1-4-15-8-7-13(3)6-5-9(12-2)10(11)14/h9,12H,4-8H2,1-3H3,(H2,11,14). The summed E-state index contributed by atoms with van der Waals surface area (Å²) < 4.78 is 5.24. The van der Waals surface area contributed by atoms with Crippen molar-refractivity contribution < 1.29 is 9.53 Å². The van der Waals surface area contributed by atoms with Crippen molar-refractivity contribution in [2.45, 2.75) is 19.4 Å². The molecule has 5 heteroatoms. The van der Waals surface area contributed by atoms with Crippen molar-refractivity contribution >= 4 is 5.91 Å². The summed E-state index contributed by atoms with van der Waals surface area (Å²) in [5, 5.41) is 2.89. The van der Waals surface area contributed by atoms with E-state index in [2.05, 4.69) is 10.2 Å². The average molecular weight is 217 g/mol. The fraction of sp³-hybridized carbons (Fsp3) is 0.900. The van der Waals surface area contributed by atoms with E-state index < -0.39 is 0 Å². The molecule has 0 heterocycles. The number of hydrogen-bond acceptors (Lipinski definition) is 4. The number of rotatable bonds is 9. The molecule has 1 atom stereocenters. The number of carbonyl (C=O) groups is 1. The number of primary amides is 1. The third kappa shape index (κ3) is 7.30. The van der Waals surface area contributed by atoms with Crippen molar-refractivity contribution in [2.75, 3.05) is 40.4 Å². The Bertz CT molecular complexity index is 176. The van der Waals surface area contributed by atoms with E-state index in [1.54, 1.807) is 7.05 Å². The lowest BCUT2D eigenvalue weighted by molar-refractivity contribution is -0.120. The van der Waals surface area contributed by atoms with Crippen LogP contribution in [0.5, 0.6) is 0 Å². The highest BCUT2D eigenvalue weighted by Gasteiger charge is 2.12. The van der Waals surface area contributed by atoms with Crippen molar-refractivity contribution in [3.8, 4) is 0 Å². The van der Waals surface area contributed by atoms with E-state index in [0.717, 1.165) is 32.7 Å². The van der Waals surface area contributed by atoms with E-state index >= 15 is 0 Å². The first-order valence-electron chi connectivity index (χ1n) is 5.34. The largest absolute Gasteiger partial charge is 0.380 e. The molecule has 15 heavy (non-hydrogen) atoms. The molecule has 0 spiro atoms. The van der Waals surface area contributed by atoms with E-state index in [0.29, 0.717) is 0 Å². The van der Waals surface area contributed by atoms with Gasteiger partial charge in [0.2, 0.25) is 5.91 Å². The van der Waals surface area contributed by atoms with Gasteiger partial charge in [0.25, 0.3) is 0 Å². The fourth-order valence-electron chi connectivity index (χ4n) is 1.25. The van der Waals surface area contributed by atoms with Crippen LogP contribution in [0.1, 0.15) is 13.3 Å². The van der Waals surface area contributed by atoms with Gasteiger partial charge in [-0.1, -0.05) is 0 Å². The predicted octanol–water partition coefficient (Wildman–Crippen LogP) is -0.582.